The predicted molar refractivity (Wildman–Crippen MR) is 84.6 cm³/mol. The van der Waals surface area contributed by atoms with Crippen molar-refractivity contribution in [3.8, 4) is 0 Å². The molecule has 1 amide bonds. The highest BCUT2D eigenvalue weighted by atomic mass is 16.2. The van der Waals surface area contributed by atoms with Crippen LogP contribution in [0.1, 0.15) is 51.8 Å². The Morgan fingerprint density at radius 3 is 2.52 bits per heavy atom. The summed E-state index contributed by atoms with van der Waals surface area (Å²) >= 11 is 0. The monoisotopic (exact) mass is 286 g/mol. The smallest absolute Gasteiger partial charge is 0.241 e. The van der Waals surface area contributed by atoms with Crippen LogP contribution in [-0.4, -0.2) is 23.4 Å². The minimum atomic E-state index is -0.0120. The number of hydrogen-bond donors (Lipinski definition) is 1. The third kappa shape index (κ3) is 2.84. The summed E-state index contributed by atoms with van der Waals surface area (Å²) in [6.07, 6.45) is 3.24. The average molecular weight is 286 g/mol. The predicted octanol–water partition coefficient (Wildman–Crippen LogP) is 3.33. The zero-order valence-corrected chi connectivity index (χ0v) is 13.3. The minimum absolute atomic E-state index is 0.0120. The van der Waals surface area contributed by atoms with Crippen LogP contribution in [0.5, 0.6) is 0 Å². The molecular formula is C18H26N2O. The van der Waals surface area contributed by atoms with Crippen LogP contribution < -0.4 is 5.32 Å². The topological polar surface area (TPSA) is 32.3 Å². The van der Waals surface area contributed by atoms with Crippen molar-refractivity contribution in [2.45, 2.75) is 52.2 Å². The van der Waals surface area contributed by atoms with E-state index in [-0.39, 0.29) is 18.1 Å². The lowest BCUT2D eigenvalue weighted by atomic mass is 10.1. The van der Waals surface area contributed by atoms with Gasteiger partial charge < -0.3 is 4.90 Å². The van der Waals surface area contributed by atoms with Gasteiger partial charge in [-0.05, 0) is 29.7 Å². The van der Waals surface area contributed by atoms with E-state index < -0.39 is 0 Å². The van der Waals surface area contributed by atoms with Crippen LogP contribution in [0.15, 0.2) is 30.3 Å². The van der Waals surface area contributed by atoms with Gasteiger partial charge >= 0.3 is 0 Å². The second-order valence-electron chi connectivity index (χ2n) is 7.20. The quantitative estimate of drug-likeness (QED) is 0.900. The Kier molecular flexibility index (Phi) is 3.78. The summed E-state index contributed by atoms with van der Waals surface area (Å²) in [7, 11) is 0. The highest BCUT2D eigenvalue weighted by Crippen LogP contribution is 2.52. The summed E-state index contributed by atoms with van der Waals surface area (Å²) in [6, 6.07) is 10.3. The standard InChI is InChI=1S/C18H26N2O/c1-4-8-15-17(21)20(12-14-11-18(14,2)3)16(19-15)13-9-6-5-7-10-13/h5-7,9-10,14-16,19H,4,8,11-12H2,1-3H3. The van der Waals surface area contributed by atoms with Gasteiger partial charge in [0.25, 0.3) is 0 Å². The molecule has 1 saturated heterocycles. The molecule has 21 heavy (non-hydrogen) atoms. The molecule has 3 unspecified atom stereocenters. The number of carbonyl (C=O) groups is 1. The Morgan fingerprint density at radius 1 is 1.29 bits per heavy atom. The number of rotatable bonds is 5. The van der Waals surface area contributed by atoms with E-state index >= 15 is 0 Å². The molecule has 0 bridgehead atoms. The van der Waals surface area contributed by atoms with Gasteiger partial charge in [-0.2, -0.15) is 0 Å². The summed E-state index contributed by atoms with van der Waals surface area (Å²) in [5, 5.41) is 3.54. The summed E-state index contributed by atoms with van der Waals surface area (Å²) in [4.78, 5) is 14.8. The van der Waals surface area contributed by atoms with Gasteiger partial charge in [0, 0.05) is 6.54 Å². The van der Waals surface area contributed by atoms with Crippen molar-refractivity contribution >= 4 is 5.91 Å². The van der Waals surface area contributed by atoms with Crippen LogP contribution in [0.4, 0.5) is 0 Å². The molecule has 3 atom stereocenters. The van der Waals surface area contributed by atoms with Crippen molar-refractivity contribution in [1.29, 1.82) is 0 Å². The van der Waals surface area contributed by atoms with Gasteiger partial charge in [0.2, 0.25) is 5.91 Å². The van der Waals surface area contributed by atoms with Crippen LogP contribution >= 0.6 is 0 Å². The highest BCUT2D eigenvalue weighted by molar-refractivity contribution is 5.84. The maximum atomic E-state index is 12.7. The summed E-state index contributed by atoms with van der Waals surface area (Å²) < 4.78 is 0. The Balaban J connectivity index is 1.80. The molecule has 3 heteroatoms. The number of benzene rings is 1. The third-order valence-corrected chi connectivity index (χ3v) is 5.08. The van der Waals surface area contributed by atoms with E-state index in [1.165, 1.54) is 12.0 Å². The average Bonchev–Trinajstić information content (AvgIpc) is 2.96. The SMILES string of the molecule is CCCC1NC(c2ccccc2)N(CC2CC2(C)C)C1=O. The van der Waals surface area contributed by atoms with E-state index in [0.29, 0.717) is 11.3 Å². The van der Waals surface area contributed by atoms with Gasteiger partial charge in [0.05, 0.1) is 6.04 Å². The Hall–Kier alpha value is -1.35. The molecule has 1 aliphatic heterocycles. The van der Waals surface area contributed by atoms with E-state index in [0.717, 1.165) is 19.4 Å². The van der Waals surface area contributed by atoms with Gasteiger partial charge in [0.1, 0.15) is 6.17 Å². The van der Waals surface area contributed by atoms with Crippen LogP contribution in [0.3, 0.4) is 0 Å². The molecule has 2 aliphatic rings. The molecule has 0 aromatic heterocycles. The van der Waals surface area contributed by atoms with Crippen LogP contribution in [0, 0.1) is 11.3 Å². The van der Waals surface area contributed by atoms with Crippen LogP contribution in [-0.2, 0) is 4.79 Å². The van der Waals surface area contributed by atoms with E-state index in [1.807, 2.05) is 18.2 Å². The lowest BCUT2D eigenvalue weighted by Gasteiger charge is -2.25. The van der Waals surface area contributed by atoms with Crippen LogP contribution in [0.2, 0.25) is 0 Å². The Morgan fingerprint density at radius 2 is 1.95 bits per heavy atom. The Bertz CT molecular complexity index is 511. The molecule has 1 aromatic rings. The fourth-order valence-electron chi connectivity index (χ4n) is 3.41. The largest absolute Gasteiger partial charge is 0.321 e. The van der Waals surface area contributed by atoms with E-state index in [1.54, 1.807) is 0 Å². The molecule has 0 radical (unpaired) electrons. The summed E-state index contributed by atoms with van der Waals surface area (Å²) in [5.41, 5.74) is 1.60. The number of nitrogens with one attached hydrogen (secondary N) is 1. The first-order valence-electron chi connectivity index (χ1n) is 8.14. The van der Waals surface area contributed by atoms with Gasteiger partial charge in [0.15, 0.2) is 0 Å². The van der Waals surface area contributed by atoms with Crippen molar-refractivity contribution in [3.63, 3.8) is 0 Å². The molecule has 3 nitrogen and oxygen atoms in total. The van der Waals surface area contributed by atoms with Crippen molar-refractivity contribution in [2.75, 3.05) is 6.54 Å². The van der Waals surface area contributed by atoms with E-state index in [2.05, 4.69) is 43.1 Å². The molecule has 1 N–H and O–H groups in total. The van der Waals surface area contributed by atoms with E-state index in [9.17, 15) is 4.79 Å². The van der Waals surface area contributed by atoms with Gasteiger partial charge in [-0.15, -0.1) is 0 Å². The minimum Gasteiger partial charge on any atom is -0.321 e. The summed E-state index contributed by atoms with van der Waals surface area (Å²) in [5.74, 6) is 0.934. The maximum Gasteiger partial charge on any atom is 0.241 e. The lowest BCUT2D eigenvalue weighted by molar-refractivity contribution is -0.130. The molecule has 1 heterocycles. The summed E-state index contributed by atoms with van der Waals surface area (Å²) in [6.45, 7) is 7.62. The normalized spacial score (nSPS) is 30.7. The number of amides is 1. The molecular weight excluding hydrogens is 260 g/mol. The fraction of sp³-hybridized carbons (Fsp3) is 0.611. The first-order valence-corrected chi connectivity index (χ1v) is 8.14. The third-order valence-electron chi connectivity index (χ3n) is 5.08. The zero-order valence-electron chi connectivity index (χ0n) is 13.3. The second kappa shape index (κ2) is 5.45. The van der Waals surface area contributed by atoms with Crippen molar-refractivity contribution < 1.29 is 4.79 Å². The first-order chi connectivity index (χ1) is 10.0. The maximum absolute atomic E-state index is 12.7. The zero-order chi connectivity index (χ0) is 15.0. The first kappa shape index (κ1) is 14.6. The molecule has 1 saturated carbocycles. The van der Waals surface area contributed by atoms with Gasteiger partial charge in [-0.25, -0.2) is 0 Å². The fourth-order valence-corrected chi connectivity index (χ4v) is 3.41. The number of nitrogens with zero attached hydrogens (tertiary/aromatic N) is 1. The second-order valence-corrected chi connectivity index (χ2v) is 7.20. The van der Waals surface area contributed by atoms with Crippen molar-refractivity contribution in [1.82, 2.24) is 10.2 Å². The van der Waals surface area contributed by atoms with Crippen LogP contribution in [0.25, 0.3) is 0 Å². The molecule has 1 aliphatic carbocycles. The number of carbonyl (C=O) groups excluding carboxylic acids is 1. The molecule has 2 fully saturated rings. The lowest BCUT2D eigenvalue weighted by Crippen LogP contribution is -2.33. The van der Waals surface area contributed by atoms with Crippen molar-refractivity contribution in [3.05, 3.63) is 35.9 Å². The molecule has 3 rings (SSSR count). The number of hydrogen-bond acceptors (Lipinski definition) is 2. The van der Waals surface area contributed by atoms with Crippen molar-refractivity contribution in [2.24, 2.45) is 11.3 Å². The highest BCUT2D eigenvalue weighted by Gasteiger charge is 2.49. The molecule has 0 spiro atoms. The van der Waals surface area contributed by atoms with Gasteiger partial charge in [-0.1, -0.05) is 57.5 Å². The van der Waals surface area contributed by atoms with Gasteiger partial charge in [-0.3, -0.25) is 10.1 Å². The Labute approximate surface area is 127 Å². The molecule has 114 valence electrons. The van der Waals surface area contributed by atoms with E-state index in [4.69, 9.17) is 0 Å². The molecule has 1 aromatic carbocycles.